The van der Waals surface area contributed by atoms with E-state index in [1.807, 2.05) is 35.7 Å². The van der Waals surface area contributed by atoms with E-state index in [-0.39, 0.29) is 31.3 Å². The molecule has 2 aromatic heterocycles. The number of hydrogen-bond donors (Lipinski definition) is 1. The largest absolute Gasteiger partial charge is 0.467 e. The van der Waals surface area contributed by atoms with E-state index in [0.717, 1.165) is 10.6 Å². The van der Waals surface area contributed by atoms with Crippen molar-refractivity contribution in [3.8, 4) is 10.6 Å². The molecule has 0 aliphatic rings. The molecule has 8 heteroatoms. The lowest BCUT2D eigenvalue weighted by Crippen LogP contribution is -2.38. The van der Waals surface area contributed by atoms with Gasteiger partial charge in [-0.15, -0.1) is 11.3 Å². The second-order valence-corrected chi connectivity index (χ2v) is 8.37. The first-order valence-electron chi connectivity index (χ1n) is 9.92. The molecule has 32 heavy (non-hydrogen) atoms. The fourth-order valence-electron chi connectivity index (χ4n) is 3.10. The maximum atomic E-state index is 13.1. The van der Waals surface area contributed by atoms with Crippen molar-refractivity contribution in [3.63, 3.8) is 0 Å². The highest BCUT2D eigenvalue weighted by Crippen LogP contribution is 2.25. The van der Waals surface area contributed by atoms with Crippen LogP contribution in [0, 0.1) is 0 Å². The molecule has 162 valence electrons. The number of nitrogens with one attached hydrogen (secondary N) is 1. The van der Waals surface area contributed by atoms with Crippen LogP contribution in [0.2, 0.25) is 5.02 Å². The number of carbonyl (C=O) groups excluding carboxylic acids is 2. The number of amides is 2. The fraction of sp³-hybridized carbons (Fsp3) is 0.125. The van der Waals surface area contributed by atoms with Gasteiger partial charge in [0.2, 0.25) is 11.8 Å². The average Bonchev–Trinajstić information content (AvgIpc) is 3.47. The predicted octanol–water partition coefficient (Wildman–Crippen LogP) is 5.27. The first-order chi connectivity index (χ1) is 15.6. The van der Waals surface area contributed by atoms with E-state index >= 15 is 0 Å². The van der Waals surface area contributed by atoms with Crippen LogP contribution in [0.1, 0.15) is 11.5 Å². The Balaban J connectivity index is 1.45. The highest BCUT2D eigenvalue weighted by Gasteiger charge is 2.20. The number of anilines is 1. The van der Waals surface area contributed by atoms with E-state index in [4.69, 9.17) is 16.0 Å². The van der Waals surface area contributed by atoms with Gasteiger partial charge in [0.25, 0.3) is 0 Å². The number of nitrogens with zero attached hydrogens (tertiary/aromatic N) is 2. The van der Waals surface area contributed by atoms with Gasteiger partial charge in [0.05, 0.1) is 24.9 Å². The molecule has 0 atom stereocenters. The normalized spacial score (nSPS) is 10.7. The first kappa shape index (κ1) is 21.8. The molecule has 1 N–H and O–H groups in total. The molecule has 4 rings (SSSR count). The Kier molecular flexibility index (Phi) is 6.99. The van der Waals surface area contributed by atoms with Gasteiger partial charge in [0.15, 0.2) is 0 Å². The zero-order valence-electron chi connectivity index (χ0n) is 17.0. The van der Waals surface area contributed by atoms with Gasteiger partial charge in [0, 0.05) is 21.7 Å². The van der Waals surface area contributed by atoms with E-state index < -0.39 is 0 Å². The number of carbonyl (C=O) groups is 2. The number of thiazole rings is 1. The minimum Gasteiger partial charge on any atom is -0.467 e. The van der Waals surface area contributed by atoms with Crippen molar-refractivity contribution in [1.82, 2.24) is 9.88 Å². The van der Waals surface area contributed by atoms with E-state index in [9.17, 15) is 9.59 Å². The molecule has 2 heterocycles. The van der Waals surface area contributed by atoms with Crippen LogP contribution in [-0.4, -0.2) is 28.2 Å². The van der Waals surface area contributed by atoms with Crippen molar-refractivity contribution in [2.24, 2.45) is 0 Å². The maximum absolute atomic E-state index is 13.1. The van der Waals surface area contributed by atoms with Crippen molar-refractivity contribution in [3.05, 3.63) is 94.9 Å². The lowest BCUT2D eigenvalue weighted by Gasteiger charge is -2.21. The summed E-state index contributed by atoms with van der Waals surface area (Å²) in [5, 5.41) is 6.14. The van der Waals surface area contributed by atoms with Crippen LogP contribution in [-0.2, 0) is 22.6 Å². The molecule has 2 amide bonds. The van der Waals surface area contributed by atoms with E-state index in [2.05, 4.69) is 10.3 Å². The second kappa shape index (κ2) is 10.3. The molecule has 0 unspecified atom stereocenters. The molecule has 0 bridgehead atoms. The van der Waals surface area contributed by atoms with E-state index in [1.165, 1.54) is 16.2 Å². The SMILES string of the molecule is O=C(CN(Cc1ccco1)C(=O)Cc1csc(-c2ccc(Cl)cc2)n1)Nc1ccccc1. The molecule has 0 aliphatic carbocycles. The standard InChI is InChI=1S/C24H20ClN3O3S/c25-18-10-8-17(9-11-18)24-27-20(16-32-24)13-23(30)28(14-21-7-4-12-31-21)15-22(29)26-19-5-2-1-3-6-19/h1-12,16H,13-15H2,(H,26,29). The molecular formula is C24H20ClN3O3S. The van der Waals surface area contributed by atoms with Crippen LogP contribution in [0.25, 0.3) is 10.6 Å². The van der Waals surface area contributed by atoms with Gasteiger partial charge in [0.1, 0.15) is 17.3 Å². The molecule has 0 spiro atoms. The molecule has 2 aromatic carbocycles. The Bertz CT molecular complexity index is 1170. The topological polar surface area (TPSA) is 75.4 Å². The summed E-state index contributed by atoms with van der Waals surface area (Å²) in [5.74, 6) is 0.111. The van der Waals surface area contributed by atoms with Gasteiger partial charge >= 0.3 is 0 Å². The summed E-state index contributed by atoms with van der Waals surface area (Å²) >= 11 is 7.41. The number of furan rings is 1. The molecule has 0 aliphatic heterocycles. The van der Waals surface area contributed by atoms with Crippen molar-refractivity contribution in [2.75, 3.05) is 11.9 Å². The van der Waals surface area contributed by atoms with E-state index in [0.29, 0.717) is 22.2 Å². The molecule has 0 fully saturated rings. The smallest absolute Gasteiger partial charge is 0.244 e. The summed E-state index contributed by atoms with van der Waals surface area (Å²) in [4.78, 5) is 31.7. The Morgan fingerprint density at radius 1 is 1.03 bits per heavy atom. The van der Waals surface area contributed by atoms with Crippen molar-refractivity contribution < 1.29 is 14.0 Å². The van der Waals surface area contributed by atoms with Crippen LogP contribution >= 0.6 is 22.9 Å². The fourth-order valence-corrected chi connectivity index (χ4v) is 4.05. The van der Waals surface area contributed by atoms with Gasteiger partial charge < -0.3 is 14.6 Å². The third-order valence-electron chi connectivity index (χ3n) is 4.65. The van der Waals surface area contributed by atoms with Crippen LogP contribution in [0.15, 0.2) is 82.8 Å². The molecule has 4 aromatic rings. The minimum absolute atomic E-state index is 0.0867. The highest BCUT2D eigenvalue weighted by molar-refractivity contribution is 7.13. The van der Waals surface area contributed by atoms with Crippen LogP contribution in [0.5, 0.6) is 0 Å². The zero-order valence-corrected chi connectivity index (χ0v) is 18.6. The summed E-state index contributed by atoms with van der Waals surface area (Å²) in [6.07, 6.45) is 1.63. The summed E-state index contributed by atoms with van der Waals surface area (Å²) in [6, 6.07) is 20.1. The van der Waals surface area contributed by atoms with Crippen molar-refractivity contribution in [1.29, 1.82) is 0 Å². The number of halogens is 1. The van der Waals surface area contributed by atoms with Gasteiger partial charge in [-0.1, -0.05) is 41.9 Å². The van der Waals surface area contributed by atoms with Gasteiger partial charge in [-0.05, 0) is 36.4 Å². The summed E-state index contributed by atoms with van der Waals surface area (Å²) in [7, 11) is 0. The van der Waals surface area contributed by atoms with Crippen molar-refractivity contribution in [2.45, 2.75) is 13.0 Å². The number of hydrogen-bond acceptors (Lipinski definition) is 5. The number of para-hydroxylation sites is 1. The van der Waals surface area contributed by atoms with Crippen LogP contribution in [0.3, 0.4) is 0 Å². The summed E-state index contributed by atoms with van der Waals surface area (Å²) in [6.45, 7) is 0.102. The number of aromatic nitrogens is 1. The molecule has 0 saturated heterocycles. The molecule has 0 radical (unpaired) electrons. The summed E-state index contributed by atoms with van der Waals surface area (Å²) in [5.41, 5.74) is 2.26. The summed E-state index contributed by atoms with van der Waals surface area (Å²) < 4.78 is 5.39. The molecule has 6 nitrogen and oxygen atoms in total. The van der Waals surface area contributed by atoms with Crippen LogP contribution in [0.4, 0.5) is 5.69 Å². The Morgan fingerprint density at radius 3 is 2.53 bits per heavy atom. The van der Waals surface area contributed by atoms with E-state index in [1.54, 1.807) is 42.7 Å². The Morgan fingerprint density at radius 2 is 1.81 bits per heavy atom. The van der Waals surface area contributed by atoms with Gasteiger partial charge in [-0.3, -0.25) is 9.59 Å². The highest BCUT2D eigenvalue weighted by atomic mass is 35.5. The third-order valence-corrected chi connectivity index (χ3v) is 5.84. The Labute approximate surface area is 194 Å². The minimum atomic E-state index is -0.281. The van der Waals surface area contributed by atoms with Gasteiger partial charge in [-0.2, -0.15) is 0 Å². The molecular weight excluding hydrogens is 446 g/mol. The van der Waals surface area contributed by atoms with Crippen LogP contribution < -0.4 is 5.32 Å². The predicted molar refractivity (Wildman–Crippen MR) is 125 cm³/mol. The third kappa shape index (κ3) is 5.84. The zero-order chi connectivity index (χ0) is 22.3. The van der Waals surface area contributed by atoms with Gasteiger partial charge in [-0.25, -0.2) is 4.98 Å². The quantitative estimate of drug-likeness (QED) is 0.385. The second-order valence-electron chi connectivity index (χ2n) is 7.07. The number of benzene rings is 2. The lowest BCUT2D eigenvalue weighted by molar-refractivity contribution is -0.135. The maximum Gasteiger partial charge on any atom is 0.244 e. The Hall–Kier alpha value is -3.42. The first-order valence-corrected chi connectivity index (χ1v) is 11.2. The molecule has 0 saturated carbocycles. The lowest BCUT2D eigenvalue weighted by atomic mass is 10.2. The number of rotatable bonds is 8. The monoisotopic (exact) mass is 465 g/mol. The average molecular weight is 466 g/mol. The van der Waals surface area contributed by atoms with Crippen molar-refractivity contribution >= 4 is 40.4 Å².